The summed E-state index contributed by atoms with van der Waals surface area (Å²) in [6.45, 7) is 11.3. The summed E-state index contributed by atoms with van der Waals surface area (Å²) in [7, 11) is 0. The first kappa shape index (κ1) is 49.4. The second-order valence-electron chi connectivity index (χ2n) is 16.1. The molecule has 0 saturated heterocycles. The molecule has 0 radical (unpaired) electrons. The number of unbranched alkanes of at least 4 members (excludes halogenated alkanes) is 23. The number of esters is 3. The second kappa shape index (κ2) is 38.1. The largest absolute Gasteiger partial charge is 0.462 e. The third-order valence-electron chi connectivity index (χ3n) is 10.3. The summed E-state index contributed by atoms with van der Waals surface area (Å²) in [6.07, 6.45) is 35.2. The molecule has 0 spiro atoms. The van der Waals surface area contributed by atoms with Crippen LogP contribution in [0, 0.1) is 11.8 Å². The van der Waals surface area contributed by atoms with Crippen molar-refractivity contribution in [2.45, 2.75) is 246 Å². The Kier molecular flexibility index (Phi) is 37.0. The molecule has 6 nitrogen and oxygen atoms in total. The van der Waals surface area contributed by atoms with Crippen LogP contribution < -0.4 is 0 Å². The molecule has 2 atom stereocenters. The van der Waals surface area contributed by atoms with Gasteiger partial charge in [0, 0.05) is 19.3 Å². The molecule has 51 heavy (non-hydrogen) atoms. The number of rotatable bonds is 39. The molecule has 0 aliphatic heterocycles. The summed E-state index contributed by atoms with van der Waals surface area (Å²) in [6, 6.07) is 0. The fraction of sp³-hybridized carbons (Fsp3) is 0.933. The maximum Gasteiger partial charge on any atom is 0.306 e. The molecule has 0 aromatic carbocycles. The van der Waals surface area contributed by atoms with Crippen molar-refractivity contribution in [1.82, 2.24) is 0 Å². The zero-order valence-corrected chi connectivity index (χ0v) is 34.7. The van der Waals surface area contributed by atoms with Crippen molar-refractivity contribution in [3.05, 3.63) is 0 Å². The first-order valence-corrected chi connectivity index (χ1v) is 22.3. The van der Waals surface area contributed by atoms with E-state index in [-0.39, 0.29) is 31.1 Å². The average molecular weight is 723 g/mol. The summed E-state index contributed by atoms with van der Waals surface area (Å²) < 4.78 is 16.6. The van der Waals surface area contributed by atoms with E-state index in [1.54, 1.807) is 0 Å². The molecule has 6 heteroatoms. The molecule has 0 aromatic rings. The van der Waals surface area contributed by atoms with Crippen LogP contribution in [0.15, 0.2) is 0 Å². The molecule has 302 valence electrons. The van der Waals surface area contributed by atoms with Gasteiger partial charge in [-0.05, 0) is 31.1 Å². The maximum atomic E-state index is 12.7. The number of carbonyl (C=O) groups excluding carboxylic acids is 3. The molecule has 0 bridgehead atoms. The van der Waals surface area contributed by atoms with E-state index >= 15 is 0 Å². The van der Waals surface area contributed by atoms with E-state index in [4.69, 9.17) is 14.2 Å². The molecule has 0 amide bonds. The molecule has 0 aliphatic carbocycles. The Hall–Kier alpha value is -1.59. The molecule has 0 heterocycles. The van der Waals surface area contributed by atoms with Crippen molar-refractivity contribution in [3.8, 4) is 0 Å². The number of carbonyl (C=O) groups is 3. The predicted molar refractivity (Wildman–Crippen MR) is 215 cm³/mol. The van der Waals surface area contributed by atoms with E-state index in [0.717, 1.165) is 69.6 Å². The fourth-order valence-corrected chi connectivity index (χ4v) is 6.54. The quantitative estimate of drug-likeness (QED) is 0.0357. The third-order valence-corrected chi connectivity index (χ3v) is 10.3. The van der Waals surface area contributed by atoms with E-state index in [9.17, 15) is 14.4 Å². The second-order valence-corrected chi connectivity index (χ2v) is 16.1. The van der Waals surface area contributed by atoms with Gasteiger partial charge in [-0.25, -0.2) is 0 Å². The number of hydrogen-bond donors (Lipinski definition) is 0. The molecule has 0 saturated carbocycles. The van der Waals surface area contributed by atoms with Gasteiger partial charge in [-0.2, -0.15) is 0 Å². The lowest BCUT2D eigenvalue weighted by molar-refractivity contribution is -0.167. The van der Waals surface area contributed by atoms with Gasteiger partial charge in [0.15, 0.2) is 6.10 Å². The summed E-state index contributed by atoms with van der Waals surface area (Å²) in [5.74, 6) is 0.810. The van der Waals surface area contributed by atoms with Crippen molar-refractivity contribution in [2.24, 2.45) is 11.8 Å². The smallest absolute Gasteiger partial charge is 0.306 e. The molecule has 0 aliphatic rings. The highest BCUT2D eigenvalue weighted by atomic mass is 16.6. The normalized spacial score (nSPS) is 12.6. The summed E-state index contributed by atoms with van der Waals surface area (Å²) in [5.41, 5.74) is 0. The van der Waals surface area contributed by atoms with E-state index in [0.29, 0.717) is 19.3 Å². The lowest BCUT2D eigenvalue weighted by Crippen LogP contribution is -2.30. The highest BCUT2D eigenvalue weighted by molar-refractivity contribution is 5.71. The van der Waals surface area contributed by atoms with Crippen molar-refractivity contribution in [1.29, 1.82) is 0 Å². The van der Waals surface area contributed by atoms with Crippen LogP contribution in [0.4, 0.5) is 0 Å². The van der Waals surface area contributed by atoms with Gasteiger partial charge in [-0.1, -0.05) is 202 Å². The minimum Gasteiger partial charge on any atom is -0.462 e. The van der Waals surface area contributed by atoms with Crippen LogP contribution in [0.2, 0.25) is 0 Å². The first-order chi connectivity index (χ1) is 24.8. The Morgan fingerprint density at radius 1 is 0.412 bits per heavy atom. The monoisotopic (exact) mass is 723 g/mol. The molecule has 0 aromatic heterocycles. The minimum absolute atomic E-state index is 0.0657. The van der Waals surface area contributed by atoms with Crippen LogP contribution in [-0.2, 0) is 28.6 Å². The Bertz CT molecular complexity index is 781. The van der Waals surface area contributed by atoms with Crippen LogP contribution in [0.1, 0.15) is 240 Å². The zero-order valence-electron chi connectivity index (χ0n) is 34.7. The van der Waals surface area contributed by atoms with Crippen LogP contribution in [0.3, 0.4) is 0 Å². The first-order valence-electron chi connectivity index (χ1n) is 22.3. The molecule has 0 rings (SSSR count). The van der Waals surface area contributed by atoms with Crippen LogP contribution in [0.25, 0.3) is 0 Å². The van der Waals surface area contributed by atoms with E-state index in [2.05, 4.69) is 34.6 Å². The van der Waals surface area contributed by atoms with E-state index < -0.39 is 6.10 Å². The SMILES string of the molecule is CCCCCCCCCC(=O)OC[C@@H](COC(=O)CCCCCCCCCCCCC(C)CC)OC(=O)CCCCCCCCCCCC(C)C. The predicted octanol–water partition coefficient (Wildman–Crippen LogP) is 13.8. The summed E-state index contributed by atoms with van der Waals surface area (Å²) in [4.78, 5) is 37.5. The van der Waals surface area contributed by atoms with Gasteiger partial charge >= 0.3 is 17.9 Å². The van der Waals surface area contributed by atoms with Gasteiger partial charge in [0.25, 0.3) is 0 Å². The van der Waals surface area contributed by atoms with Crippen molar-refractivity contribution in [3.63, 3.8) is 0 Å². The molecular weight excluding hydrogens is 636 g/mol. The molecular formula is C45H86O6. The third kappa shape index (κ3) is 38.0. The van der Waals surface area contributed by atoms with Crippen LogP contribution in [0.5, 0.6) is 0 Å². The Labute approximate surface area is 317 Å². The van der Waals surface area contributed by atoms with Crippen LogP contribution >= 0.6 is 0 Å². The lowest BCUT2D eigenvalue weighted by Gasteiger charge is -2.18. The molecule has 0 N–H and O–H groups in total. The number of ether oxygens (including phenoxy) is 3. The van der Waals surface area contributed by atoms with Gasteiger partial charge in [0.05, 0.1) is 0 Å². The van der Waals surface area contributed by atoms with Gasteiger partial charge in [-0.15, -0.1) is 0 Å². The number of hydrogen-bond acceptors (Lipinski definition) is 6. The molecule has 1 unspecified atom stereocenters. The highest BCUT2D eigenvalue weighted by Crippen LogP contribution is 2.17. The lowest BCUT2D eigenvalue weighted by atomic mass is 9.99. The van der Waals surface area contributed by atoms with Crippen molar-refractivity contribution >= 4 is 17.9 Å². The van der Waals surface area contributed by atoms with E-state index in [1.807, 2.05) is 0 Å². The Morgan fingerprint density at radius 2 is 0.745 bits per heavy atom. The van der Waals surface area contributed by atoms with Crippen molar-refractivity contribution in [2.75, 3.05) is 13.2 Å². The van der Waals surface area contributed by atoms with Gasteiger partial charge in [-0.3, -0.25) is 14.4 Å². The van der Waals surface area contributed by atoms with Gasteiger partial charge < -0.3 is 14.2 Å². The van der Waals surface area contributed by atoms with Crippen molar-refractivity contribution < 1.29 is 28.6 Å². The van der Waals surface area contributed by atoms with Gasteiger partial charge in [0.2, 0.25) is 0 Å². The summed E-state index contributed by atoms with van der Waals surface area (Å²) in [5, 5.41) is 0. The average Bonchev–Trinajstić information content (AvgIpc) is 3.11. The fourth-order valence-electron chi connectivity index (χ4n) is 6.54. The highest BCUT2D eigenvalue weighted by Gasteiger charge is 2.19. The molecule has 0 fully saturated rings. The topological polar surface area (TPSA) is 78.9 Å². The minimum atomic E-state index is -0.759. The Morgan fingerprint density at radius 3 is 1.12 bits per heavy atom. The maximum absolute atomic E-state index is 12.7. The van der Waals surface area contributed by atoms with Crippen LogP contribution in [-0.4, -0.2) is 37.2 Å². The Balaban J connectivity index is 4.29. The van der Waals surface area contributed by atoms with E-state index in [1.165, 1.54) is 128 Å². The zero-order chi connectivity index (χ0) is 37.6. The standard InChI is InChI=1S/C45H86O6/c1-6-8-9-10-18-25-30-35-43(46)49-38-42(51-45(48)37-32-27-22-17-13-14-19-23-28-33-40(3)4)39-50-44(47)36-31-26-21-16-12-11-15-20-24-29-34-41(5)7-2/h40-42H,6-39H2,1-5H3/t41?,42-/m0/s1. The van der Waals surface area contributed by atoms with Gasteiger partial charge in [0.1, 0.15) is 13.2 Å². The summed E-state index contributed by atoms with van der Waals surface area (Å²) >= 11 is 0.